The number of nitrogens with zero attached hydrogens (tertiary/aromatic N) is 2. The number of aldehydes is 1. The molecule has 128 valence electrons. The average Bonchev–Trinajstić information content (AvgIpc) is 2.57. The molecule has 6 heteroatoms. The molecule has 6 nitrogen and oxygen atoms in total. The number of carbonyl (C=O) groups excluding carboxylic acids is 1. The minimum atomic E-state index is -0.467. The maximum absolute atomic E-state index is 11.1. The predicted octanol–water partition coefficient (Wildman–Crippen LogP) is 3.50. The molecule has 0 aliphatic carbocycles. The molecule has 1 rings (SSSR count). The van der Waals surface area contributed by atoms with E-state index in [2.05, 4.69) is 6.58 Å². The number of carbonyl (C=O) groups is 1. The van der Waals surface area contributed by atoms with Crippen molar-refractivity contribution in [2.75, 3.05) is 20.7 Å². The van der Waals surface area contributed by atoms with E-state index in [0.29, 0.717) is 30.5 Å². The Hall–Kier alpha value is -2.73. The van der Waals surface area contributed by atoms with Crippen LogP contribution in [0.2, 0.25) is 0 Å². The fourth-order valence-corrected chi connectivity index (χ4v) is 2.09. The Morgan fingerprint density at radius 3 is 2.67 bits per heavy atom. The zero-order valence-corrected chi connectivity index (χ0v) is 14.2. The highest BCUT2D eigenvalue weighted by Gasteiger charge is 2.12. The van der Waals surface area contributed by atoms with Crippen molar-refractivity contribution in [1.82, 2.24) is 4.90 Å². The van der Waals surface area contributed by atoms with Crippen LogP contribution in [0.3, 0.4) is 0 Å². The summed E-state index contributed by atoms with van der Waals surface area (Å²) < 4.78 is 5.08. The predicted molar refractivity (Wildman–Crippen MR) is 93.9 cm³/mol. The summed E-state index contributed by atoms with van der Waals surface area (Å²) in [5.41, 5.74) is 2.01. The zero-order valence-electron chi connectivity index (χ0n) is 14.2. The van der Waals surface area contributed by atoms with Crippen molar-refractivity contribution in [2.45, 2.75) is 13.5 Å². The third-order valence-corrected chi connectivity index (χ3v) is 3.47. The molecule has 0 aromatic heterocycles. The van der Waals surface area contributed by atoms with Gasteiger partial charge in [0.2, 0.25) is 0 Å². The van der Waals surface area contributed by atoms with Crippen LogP contribution < -0.4 is 0 Å². The SMILES string of the molecule is C=C/C(=C\C=C(/C)OC)CN(C)Cc1cc([N+](=O)[O-])ccc1C=O. The molecule has 0 aliphatic heterocycles. The summed E-state index contributed by atoms with van der Waals surface area (Å²) in [6.07, 6.45) is 6.19. The Balaban J connectivity index is 2.92. The van der Waals surface area contributed by atoms with Crippen molar-refractivity contribution in [2.24, 2.45) is 0 Å². The summed E-state index contributed by atoms with van der Waals surface area (Å²) in [6, 6.07) is 4.25. The van der Waals surface area contributed by atoms with Crippen molar-refractivity contribution < 1.29 is 14.5 Å². The highest BCUT2D eigenvalue weighted by atomic mass is 16.6. The Labute approximate surface area is 141 Å². The van der Waals surface area contributed by atoms with E-state index in [0.717, 1.165) is 11.3 Å². The van der Waals surface area contributed by atoms with E-state index >= 15 is 0 Å². The molecule has 0 spiro atoms. The minimum absolute atomic E-state index is 0.0258. The van der Waals surface area contributed by atoms with Gasteiger partial charge < -0.3 is 4.74 Å². The van der Waals surface area contributed by atoms with Gasteiger partial charge in [-0.1, -0.05) is 18.7 Å². The van der Waals surface area contributed by atoms with Crippen LogP contribution in [-0.2, 0) is 11.3 Å². The Kier molecular flexibility index (Phi) is 7.58. The molecule has 0 unspecified atom stereocenters. The summed E-state index contributed by atoms with van der Waals surface area (Å²) >= 11 is 0. The van der Waals surface area contributed by atoms with Crippen molar-refractivity contribution in [1.29, 1.82) is 0 Å². The number of allylic oxidation sites excluding steroid dienone is 3. The molecule has 1 aromatic rings. The number of hydrogen-bond donors (Lipinski definition) is 0. The standard InChI is InChI=1S/C18H22N2O4/c1-5-15(7-6-14(2)24-4)11-19(3)12-17-10-18(20(22)23)9-8-16(17)13-21/h5-10,13H,1,11-12H2,2-4H3/b14-6+,15-7+. The lowest BCUT2D eigenvalue weighted by Gasteiger charge is -2.18. The Morgan fingerprint density at radius 2 is 2.12 bits per heavy atom. The molecular weight excluding hydrogens is 308 g/mol. The number of likely N-dealkylation sites (N-methyl/N-ethyl adjacent to an activating group) is 1. The number of nitro benzene ring substituents is 1. The lowest BCUT2D eigenvalue weighted by atomic mass is 10.1. The maximum Gasteiger partial charge on any atom is 0.269 e. The van der Waals surface area contributed by atoms with Gasteiger partial charge in [-0.15, -0.1) is 0 Å². The monoisotopic (exact) mass is 330 g/mol. The van der Waals surface area contributed by atoms with Crippen LogP contribution in [0.15, 0.2) is 54.3 Å². The van der Waals surface area contributed by atoms with Crippen molar-refractivity contribution in [3.8, 4) is 0 Å². The van der Waals surface area contributed by atoms with E-state index in [1.165, 1.54) is 18.2 Å². The van der Waals surface area contributed by atoms with Gasteiger partial charge in [-0.3, -0.25) is 19.8 Å². The van der Waals surface area contributed by atoms with Crippen molar-refractivity contribution in [3.05, 3.63) is 75.6 Å². The second-order valence-electron chi connectivity index (χ2n) is 5.36. The first kappa shape index (κ1) is 19.3. The van der Waals surface area contributed by atoms with E-state index in [4.69, 9.17) is 4.74 Å². The van der Waals surface area contributed by atoms with Gasteiger partial charge in [-0.05, 0) is 37.3 Å². The molecular formula is C18H22N2O4. The topological polar surface area (TPSA) is 72.7 Å². The van der Waals surface area contributed by atoms with Gasteiger partial charge in [0.25, 0.3) is 5.69 Å². The van der Waals surface area contributed by atoms with E-state index in [9.17, 15) is 14.9 Å². The number of ether oxygens (including phenoxy) is 1. The van der Waals surface area contributed by atoms with Crippen LogP contribution in [0.4, 0.5) is 5.69 Å². The molecule has 0 fully saturated rings. The van der Waals surface area contributed by atoms with Gasteiger partial charge in [0.1, 0.15) is 6.29 Å². The molecule has 24 heavy (non-hydrogen) atoms. The van der Waals surface area contributed by atoms with E-state index in [-0.39, 0.29) is 5.69 Å². The fourth-order valence-electron chi connectivity index (χ4n) is 2.09. The zero-order chi connectivity index (χ0) is 18.1. The molecule has 0 saturated heterocycles. The summed E-state index contributed by atoms with van der Waals surface area (Å²) in [7, 11) is 3.47. The first-order valence-corrected chi connectivity index (χ1v) is 7.36. The molecule has 0 saturated carbocycles. The summed E-state index contributed by atoms with van der Waals surface area (Å²) in [5.74, 6) is 0.777. The molecule has 0 aliphatic rings. The summed E-state index contributed by atoms with van der Waals surface area (Å²) in [4.78, 5) is 23.5. The highest BCUT2D eigenvalue weighted by Crippen LogP contribution is 2.18. The van der Waals surface area contributed by atoms with E-state index in [1.807, 2.05) is 31.0 Å². The number of hydrogen-bond acceptors (Lipinski definition) is 5. The van der Waals surface area contributed by atoms with Crippen LogP contribution in [-0.4, -0.2) is 36.8 Å². The molecule has 0 radical (unpaired) electrons. The fraction of sp³-hybridized carbons (Fsp3) is 0.278. The van der Waals surface area contributed by atoms with Crippen LogP contribution in [0.25, 0.3) is 0 Å². The number of rotatable bonds is 9. The molecule has 0 heterocycles. The lowest BCUT2D eigenvalue weighted by molar-refractivity contribution is -0.384. The quantitative estimate of drug-likeness (QED) is 0.228. The Bertz CT molecular complexity index is 678. The second-order valence-corrected chi connectivity index (χ2v) is 5.36. The molecule has 0 atom stereocenters. The number of benzene rings is 1. The number of non-ortho nitro benzene ring substituents is 1. The minimum Gasteiger partial charge on any atom is -0.501 e. The first-order chi connectivity index (χ1) is 11.4. The normalized spacial score (nSPS) is 12.2. The maximum atomic E-state index is 11.1. The van der Waals surface area contributed by atoms with Gasteiger partial charge >= 0.3 is 0 Å². The van der Waals surface area contributed by atoms with Crippen LogP contribution in [0, 0.1) is 10.1 Å². The third kappa shape index (κ3) is 5.81. The van der Waals surface area contributed by atoms with Gasteiger partial charge in [0.05, 0.1) is 17.8 Å². The largest absolute Gasteiger partial charge is 0.501 e. The van der Waals surface area contributed by atoms with Crippen LogP contribution >= 0.6 is 0 Å². The lowest BCUT2D eigenvalue weighted by Crippen LogP contribution is -2.21. The van der Waals surface area contributed by atoms with E-state index in [1.54, 1.807) is 13.2 Å². The molecule has 1 aromatic carbocycles. The van der Waals surface area contributed by atoms with Gasteiger partial charge in [-0.2, -0.15) is 0 Å². The van der Waals surface area contributed by atoms with Gasteiger partial charge in [-0.25, -0.2) is 0 Å². The highest BCUT2D eigenvalue weighted by molar-refractivity contribution is 5.78. The average molecular weight is 330 g/mol. The van der Waals surface area contributed by atoms with Crippen LogP contribution in [0.5, 0.6) is 0 Å². The Morgan fingerprint density at radius 1 is 1.42 bits per heavy atom. The van der Waals surface area contributed by atoms with Crippen LogP contribution in [0.1, 0.15) is 22.8 Å². The first-order valence-electron chi connectivity index (χ1n) is 7.36. The van der Waals surface area contributed by atoms with Gasteiger partial charge in [0.15, 0.2) is 0 Å². The number of nitro groups is 1. The number of methoxy groups -OCH3 is 1. The van der Waals surface area contributed by atoms with Crippen molar-refractivity contribution in [3.63, 3.8) is 0 Å². The van der Waals surface area contributed by atoms with Crippen molar-refractivity contribution >= 4 is 12.0 Å². The summed E-state index contributed by atoms with van der Waals surface area (Å²) in [5, 5.41) is 10.9. The summed E-state index contributed by atoms with van der Waals surface area (Å²) in [6.45, 7) is 6.62. The van der Waals surface area contributed by atoms with E-state index < -0.39 is 4.92 Å². The second kappa shape index (κ2) is 9.42. The molecule has 0 amide bonds. The van der Waals surface area contributed by atoms with Gasteiger partial charge in [0, 0.05) is 30.8 Å². The molecule has 0 N–H and O–H groups in total. The third-order valence-electron chi connectivity index (χ3n) is 3.47. The smallest absolute Gasteiger partial charge is 0.269 e. The molecule has 0 bridgehead atoms.